The first kappa shape index (κ1) is 19.8. The van der Waals surface area contributed by atoms with Crippen LogP contribution in [0.3, 0.4) is 0 Å². The molecule has 1 aliphatic heterocycles. The van der Waals surface area contributed by atoms with Crippen LogP contribution in [0.1, 0.15) is 43.2 Å². The maximum atomic E-state index is 13.2. The van der Waals surface area contributed by atoms with E-state index in [0.717, 1.165) is 35.7 Å². The fourth-order valence-electron chi connectivity index (χ4n) is 4.68. The molecule has 0 bridgehead atoms. The zero-order chi connectivity index (χ0) is 19.4. The Morgan fingerprint density at radius 3 is 2.68 bits per heavy atom. The summed E-state index contributed by atoms with van der Waals surface area (Å²) >= 11 is 8.12. The summed E-state index contributed by atoms with van der Waals surface area (Å²) in [5.74, 6) is 1.88. The average molecular weight is 415 g/mol. The van der Waals surface area contributed by atoms with Crippen molar-refractivity contribution in [1.82, 2.24) is 9.88 Å². The molecule has 148 valence electrons. The molecule has 2 atom stereocenters. The standard InChI is InChI=1S/C23H27ClN2OS/c24-21-6-4-18(5-7-21)15-20-3-1-2-10-23(20)16-22(27)26(13-14-28-23)17-19-8-11-25-12-9-19/h4-9,11-12,20H,1-3,10,13-17H2. The molecule has 1 saturated heterocycles. The first-order chi connectivity index (χ1) is 13.6. The van der Waals surface area contributed by atoms with E-state index in [0.29, 0.717) is 24.8 Å². The van der Waals surface area contributed by atoms with Gasteiger partial charge < -0.3 is 4.90 Å². The van der Waals surface area contributed by atoms with Gasteiger partial charge in [0.05, 0.1) is 0 Å². The van der Waals surface area contributed by atoms with Gasteiger partial charge >= 0.3 is 0 Å². The molecule has 2 aromatic rings. The zero-order valence-corrected chi connectivity index (χ0v) is 17.7. The third kappa shape index (κ3) is 4.55. The predicted octanol–water partition coefficient (Wildman–Crippen LogP) is 5.37. The van der Waals surface area contributed by atoms with Gasteiger partial charge in [-0.1, -0.05) is 36.6 Å². The minimum absolute atomic E-state index is 0.0853. The number of carbonyl (C=O) groups excluding carboxylic acids is 1. The largest absolute Gasteiger partial charge is 0.337 e. The number of thioether (sulfide) groups is 1. The van der Waals surface area contributed by atoms with Gasteiger partial charge in [-0.2, -0.15) is 11.8 Å². The molecule has 2 heterocycles. The fraction of sp³-hybridized carbons (Fsp3) is 0.478. The van der Waals surface area contributed by atoms with Gasteiger partial charge in [0.1, 0.15) is 0 Å². The molecule has 1 aromatic heterocycles. The van der Waals surface area contributed by atoms with Gasteiger partial charge in [0.15, 0.2) is 0 Å². The summed E-state index contributed by atoms with van der Waals surface area (Å²) in [5.41, 5.74) is 2.49. The van der Waals surface area contributed by atoms with Crippen LogP contribution in [0, 0.1) is 5.92 Å². The third-order valence-electron chi connectivity index (χ3n) is 6.22. The Morgan fingerprint density at radius 2 is 1.89 bits per heavy atom. The number of rotatable bonds is 4. The van der Waals surface area contributed by atoms with Crippen molar-refractivity contribution in [2.45, 2.75) is 49.8 Å². The Bertz CT molecular complexity index is 798. The SMILES string of the molecule is O=C1CC2(CCCCC2Cc2ccc(Cl)cc2)SCCN1Cc1ccncc1. The Kier molecular flexibility index (Phi) is 6.27. The van der Waals surface area contributed by atoms with Crippen LogP contribution in [-0.4, -0.2) is 32.8 Å². The van der Waals surface area contributed by atoms with Crippen LogP contribution in [-0.2, 0) is 17.8 Å². The van der Waals surface area contributed by atoms with Gasteiger partial charge in [0, 0.05) is 47.4 Å². The highest BCUT2D eigenvalue weighted by molar-refractivity contribution is 8.00. The Balaban J connectivity index is 1.50. The van der Waals surface area contributed by atoms with Crippen molar-refractivity contribution in [2.75, 3.05) is 12.3 Å². The molecular formula is C23H27ClN2OS. The molecule has 3 nitrogen and oxygen atoms in total. The van der Waals surface area contributed by atoms with Crippen molar-refractivity contribution >= 4 is 29.3 Å². The van der Waals surface area contributed by atoms with Crippen LogP contribution in [0.5, 0.6) is 0 Å². The summed E-state index contributed by atoms with van der Waals surface area (Å²) in [6.07, 6.45) is 10.2. The highest BCUT2D eigenvalue weighted by Crippen LogP contribution is 2.49. The molecule has 1 aliphatic carbocycles. The number of carbonyl (C=O) groups is 1. The first-order valence-corrected chi connectivity index (χ1v) is 11.6. The number of halogens is 1. The van der Waals surface area contributed by atoms with Gasteiger partial charge in [-0.3, -0.25) is 9.78 Å². The van der Waals surface area contributed by atoms with Crippen molar-refractivity contribution in [3.63, 3.8) is 0 Å². The Labute approximate surface area is 176 Å². The summed E-state index contributed by atoms with van der Waals surface area (Å²) < 4.78 is 0.0853. The van der Waals surface area contributed by atoms with E-state index in [1.54, 1.807) is 12.4 Å². The molecule has 4 rings (SSSR count). The van der Waals surface area contributed by atoms with Gasteiger partial charge in [-0.05, 0) is 60.6 Å². The maximum absolute atomic E-state index is 13.2. The molecule has 1 saturated carbocycles. The summed E-state index contributed by atoms with van der Waals surface area (Å²) in [4.78, 5) is 19.3. The predicted molar refractivity (Wildman–Crippen MR) is 117 cm³/mol. The smallest absolute Gasteiger partial charge is 0.224 e. The fourth-order valence-corrected chi connectivity index (χ4v) is 6.47. The summed E-state index contributed by atoms with van der Waals surface area (Å²) in [6, 6.07) is 12.3. The second-order valence-electron chi connectivity index (χ2n) is 8.03. The number of hydrogen-bond donors (Lipinski definition) is 0. The van der Waals surface area contributed by atoms with E-state index in [1.807, 2.05) is 29.2 Å². The highest BCUT2D eigenvalue weighted by Gasteiger charge is 2.44. The van der Waals surface area contributed by atoms with E-state index < -0.39 is 0 Å². The first-order valence-electron chi connectivity index (χ1n) is 10.2. The third-order valence-corrected chi connectivity index (χ3v) is 8.11. The van der Waals surface area contributed by atoms with Gasteiger partial charge in [-0.25, -0.2) is 0 Å². The average Bonchev–Trinajstić information content (AvgIpc) is 2.86. The van der Waals surface area contributed by atoms with Crippen LogP contribution >= 0.6 is 23.4 Å². The minimum atomic E-state index is 0.0853. The lowest BCUT2D eigenvalue weighted by atomic mass is 9.73. The van der Waals surface area contributed by atoms with Gasteiger partial charge in [-0.15, -0.1) is 0 Å². The number of benzene rings is 1. The van der Waals surface area contributed by atoms with Gasteiger partial charge in [0.2, 0.25) is 5.91 Å². The molecule has 2 aliphatic rings. The number of pyridine rings is 1. The molecule has 2 fully saturated rings. The monoisotopic (exact) mass is 414 g/mol. The van der Waals surface area contributed by atoms with Crippen molar-refractivity contribution in [3.8, 4) is 0 Å². The summed E-state index contributed by atoms with van der Waals surface area (Å²) in [7, 11) is 0. The van der Waals surface area contributed by atoms with E-state index in [2.05, 4.69) is 28.9 Å². The number of amides is 1. The lowest BCUT2D eigenvalue weighted by molar-refractivity contribution is -0.132. The molecular weight excluding hydrogens is 388 g/mol. The maximum Gasteiger partial charge on any atom is 0.224 e. The van der Waals surface area contributed by atoms with Gasteiger partial charge in [0.25, 0.3) is 0 Å². The van der Waals surface area contributed by atoms with Crippen LogP contribution in [0.2, 0.25) is 5.02 Å². The van der Waals surface area contributed by atoms with E-state index in [1.165, 1.54) is 24.8 Å². The van der Waals surface area contributed by atoms with E-state index in [4.69, 9.17) is 11.6 Å². The second kappa shape index (κ2) is 8.87. The molecule has 28 heavy (non-hydrogen) atoms. The van der Waals surface area contributed by atoms with E-state index in [-0.39, 0.29) is 4.75 Å². The van der Waals surface area contributed by atoms with Crippen LogP contribution in [0.15, 0.2) is 48.8 Å². The topological polar surface area (TPSA) is 33.2 Å². The van der Waals surface area contributed by atoms with Crippen LogP contribution in [0.4, 0.5) is 0 Å². The quantitative estimate of drug-likeness (QED) is 0.674. The molecule has 0 radical (unpaired) electrons. The highest BCUT2D eigenvalue weighted by atomic mass is 35.5. The number of nitrogens with zero attached hydrogens (tertiary/aromatic N) is 2. The molecule has 1 aromatic carbocycles. The van der Waals surface area contributed by atoms with E-state index >= 15 is 0 Å². The summed E-state index contributed by atoms with van der Waals surface area (Å²) in [6.45, 7) is 1.53. The number of aromatic nitrogens is 1. The Morgan fingerprint density at radius 1 is 1.11 bits per heavy atom. The second-order valence-corrected chi connectivity index (χ2v) is 9.98. The molecule has 5 heteroatoms. The van der Waals surface area contributed by atoms with Crippen molar-refractivity contribution in [3.05, 3.63) is 64.9 Å². The van der Waals surface area contributed by atoms with Crippen LogP contribution in [0.25, 0.3) is 0 Å². The number of hydrogen-bond acceptors (Lipinski definition) is 3. The lowest BCUT2D eigenvalue weighted by Crippen LogP contribution is -2.42. The molecule has 2 unspecified atom stereocenters. The van der Waals surface area contributed by atoms with Crippen LogP contribution < -0.4 is 0 Å². The van der Waals surface area contributed by atoms with E-state index in [9.17, 15) is 4.79 Å². The van der Waals surface area contributed by atoms with Crippen molar-refractivity contribution in [2.24, 2.45) is 5.92 Å². The molecule has 1 amide bonds. The molecule has 0 N–H and O–H groups in total. The lowest BCUT2D eigenvalue weighted by Gasteiger charge is -2.43. The minimum Gasteiger partial charge on any atom is -0.337 e. The van der Waals surface area contributed by atoms with Crippen molar-refractivity contribution < 1.29 is 4.79 Å². The zero-order valence-electron chi connectivity index (χ0n) is 16.1. The normalized spacial score (nSPS) is 25.7. The molecule has 1 spiro atoms. The summed E-state index contributed by atoms with van der Waals surface area (Å²) in [5, 5.41) is 0.785. The van der Waals surface area contributed by atoms with Crippen molar-refractivity contribution in [1.29, 1.82) is 0 Å². The Hall–Kier alpha value is -1.52.